The summed E-state index contributed by atoms with van der Waals surface area (Å²) in [7, 11) is 0. The number of hydrogen-bond acceptors (Lipinski definition) is 2. The van der Waals surface area contributed by atoms with Crippen LogP contribution in [-0.2, 0) is 16.9 Å². The van der Waals surface area contributed by atoms with Crippen molar-refractivity contribution in [3.8, 4) is 0 Å². The Morgan fingerprint density at radius 2 is 2.22 bits per heavy atom. The second-order valence-corrected chi connectivity index (χ2v) is 5.99. The van der Waals surface area contributed by atoms with E-state index in [1.807, 2.05) is 0 Å². The number of allylic oxidation sites excluding steroid dienone is 1. The highest BCUT2D eigenvalue weighted by Crippen LogP contribution is 2.54. The predicted molar refractivity (Wildman–Crippen MR) is 71.9 cm³/mol. The monoisotopic (exact) mass is 241 g/mol. The van der Waals surface area contributed by atoms with Crippen LogP contribution in [0.2, 0.25) is 0 Å². The lowest BCUT2D eigenvalue weighted by atomic mass is 9.96. The average molecular weight is 241 g/mol. The number of hydrogen-bond donors (Lipinski definition) is 1. The SMILES string of the molecule is CC1CC=C(c2ccc3c(c2)COC32CC2)NC1. The maximum absolute atomic E-state index is 5.94. The molecule has 1 unspecified atom stereocenters. The first-order chi connectivity index (χ1) is 8.77. The van der Waals surface area contributed by atoms with Gasteiger partial charge in [0.15, 0.2) is 0 Å². The first-order valence-corrected chi connectivity index (χ1v) is 6.99. The molecule has 1 atom stereocenters. The molecule has 1 aliphatic carbocycles. The summed E-state index contributed by atoms with van der Waals surface area (Å²) in [6, 6.07) is 6.85. The van der Waals surface area contributed by atoms with E-state index in [2.05, 4.69) is 36.5 Å². The molecule has 0 amide bonds. The summed E-state index contributed by atoms with van der Waals surface area (Å²) in [4.78, 5) is 0. The van der Waals surface area contributed by atoms with Crippen LogP contribution in [0, 0.1) is 5.92 Å². The summed E-state index contributed by atoms with van der Waals surface area (Å²) in [5, 5.41) is 3.53. The molecular formula is C16H19NO. The van der Waals surface area contributed by atoms with Crippen molar-refractivity contribution in [2.75, 3.05) is 6.54 Å². The highest BCUT2D eigenvalue weighted by Gasteiger charge is 2.50. The molecule has 0 bridgehead atoms. The molecule has 4 rings (SSSR count). The Kier molecular flexibility index (Phi) is 2.13. The fourth-order valence-corrected chi connectivity index (χ4v) is 3.12. The van der Waals surface area contributed by atoms with Gasteiger partial charge in [-0.05, 0) is 47.9 Å². The molecule has 0 aromatic heterocycles. The topological polar surface area (TPSA) is 21.3 Å². The Labute approximate surface area is 108 Å². The van der Waals surface area contributed by atoms with Crippen LogP contribution >= 0.6 is 0 Å². The lowest BCUT2D eigenvalue weighted by Crippen LogP contribution is -2.23. The van der Waals surface area contributed by atoms with Crippen LogP contribution in [0.15, 0.2) is 24.3 Å². The first kappa shape index (κ1) is 10.6. The molecule has 1 aromatic rings. The van der Waals surface area contributed by atoms with Crippen molar-refractivity contribution in [3.63, 3.8) is 0 Å². The molecule has 2 nitrogen and oxygen atoms in total. The van der Waals surface area contributed by atoms with E-state index in [0.717, 1.165) is 19.1 Å². The molecule has 18 heavy (non-hydrogen) atoms. The van der Waals surface area contributed by atoms with Gasteiger partial charge < -0.3 is 10.1 Å². The van der Waals surface area contributed by atoms with E-state index in [9.17, 15) is 0 Å². The Hall–Kier alpha value is -1.28. The zero-order valence-electron chi connectivity index (χ0n) is 10.8. The standard InChI is InChI=1S/C16H19NO/c1-11-2-5-15(17-9-11)12-3-4-14-13(8-12)10-18-16(14)6-7-16/h3-5,8,11,17H,2,6-7,9-10H2,1H3. The van der Waals surface area contributed by atoms with Crippen LogP contribution in [0.1, 0.15) is 42.9 Å². The Morgan fingerprint density at radius 1 is 1.33 bits per heavy atom. The second-order valence-electron chi connectivity index (χ2n) is 5.99. The minimum Gasteiger partial charge on any atom is -0.385 e. The van der Waals surface area contributed by atoms with Crippen LogP contribution in [0.5, 0.6) is 0 Å². The van der Waals surface area contributed by atoms with Gasteiger partial charge in [0.2, 0.25) is 0 Å². The van der Waals surface area contributed by atoms with Crippen molar-refractivity contribution in [1.82, 2.24) is 5.32 Å². The largest absolute Gasteiger partial charge is 0.385 e. The molecule has 94 valence electrons. The third kappa shape index (κ3) is 1.52. The summed E-state index contributed by atoms with van der Waals surface area (Å²) in [5.74, 6) is 0.751. The van der Waals surface area contributed by atoms with E-state index in [0.29, 0.717) is 0 Å². The van der Waals surface area contributed by atoms with Crippen molar-refractivity contribution in [2.45, 2.75) is 38.4 Å². The maximum atomic E-state index is 5.94. The van der Waals surface area contributed by atoms with Gasteiger partial charge in [0.25, 0.3) is 0 Å². The fraction of sp³-hybridized carbons (Fsp3) is 0.500. The van der Waals surface area contributed by atoms with E-state index < -0.39 is 0 Å². The van der Waals surface area contributed by atoms with E-state index >= 15 is 0 Å². The van der Waals surface area contributed by atoms with E-state index in [-0.39, 0.29) is 5.60 Å². The van der Waals surface area contributed by atoms with Gasteiger partial charge in [0.1, 0.15) is 0 Å². The number of ether oxygens (including phenoxy) is 1. The molecule has 0 radical (unpaired) electrons. The Balaban J connectivity index is 1.68. The lowest BCUT2D eigenvalue weighted by molar-refractivity contribution is 0.0442. The van der Waals surface area contributed by atoms with Crippen LogP contribution in [0.4, 0.5) is 0 Å². The zero-order chi connectivity index (χ0) is 12.2. The van der Waals surface area contributed by atoms with Crippen molar-refractivity contribution in [1.29, 1.82) is 0 Å². The highest BCUT2D eigenvalue weighted by molar-refractivity contribution is 5.66. The van der Waals surface area contributed by atoms with Crippen molar-refractivity contribution in [2.24, 2.45) is 5.92 Å². The van der Waals surface area contributed by atoms with E-state index in [1.165, 1.54) is 41.6 Å². The molecule has 3 aliphatic rings. The van der Waals surface area contributed by atoms with Gasteiger partial charge in [-0.2, -0.15) is 0 Å². The van der Waals surface area contributed by atoms with Gasteiger partial charge in [-0.25, -0.2) is 0 Å². The number of nitrogens with one attached hydrogen (secondary N) is 1. The molecule has 2 heteroatoms. The van der Waals surface area contributed by atoms with Crippen LogP contribution in [0.25, 0.3) is 5.70 Å². The number of benzene rings is 1. The predicted octanol–water partition coefficient (Wildman–Crippen LogP) is 3.18. The maximum Gasteiger partial charge on any atom is 0.0941 e. The van der Waals surface area contributed by atoms with Gasteiger partial charge >= 0.3 is 0 Å². The summed E-state index contributed by atoms with van der Waals surface area (Å²) in [6.45, 7) is 4.17. The zero-order valence-corrected chi connectivity index (χ0v) is 10.8. The Bertz CT molecular complexity index is 528. The smallest absolute Gasteiger partial charge is 0.0941 e. The van der Waals surface area contributed by atoms with Crippen LogP contribution < -0.4 is 5.32 Å². The number of rotatable bonds is 1. The summed E-state index contributed by atoms with van der Waals surface area (Å²) >= 11 is 0. The summed E-state index contributed by atoms with van der Waals surface area (Å²) < 4.78 is 5.94. The minimum absolute atomic E-state index is 0.122. The summed E-state index contributed by atoms with van der Waals surface area (Å²) in [5.41, 5.74) is 5.58. The average Bonchev–Trinajstić information content (AvgIpc) is 3.09. The molecule has 2 aliphatic heterocycles. The lowest BCUT2D eigenvalue weighted by Gasteiger charge is -2.21. The van der Waals surface area contributed by atoms with Gasteiger partial charge in [-0.3, -0.25) is 0 Å². The van der Waals surface area contributed by atoms with Crippen molar-refractivity contribution >= 4 is 5.70 Å². The van der Waals surface area contributed by atoms with Crippen LogP contribution in [-0.4, -0.2) is 6.54 Å². The molecule has 2 heterocycles. The summed E-state index contributed by atoms with van der Waals surface area (Å²) in [6.07, 6.45) is 5.92. The Morgan fingerprint density at radius 3 is 2.94 bits per heavy atom. The van der Waals surface area contributed by atoms with Gasteiger partial charge in [-0.15, -0.1) is 0 Å². The van der Waals surface area contributed by atoms with Crippen molar-refractivity contribution in [3.05, 3.63) is 41.0 Å². The van der Waals surface area contributed by atoms with E-state index in [4.69, 9.17) is 4.74 Å². The third-order valence-electron chi connectivity index (χ3n) is 4.48. The third-order valence-corrected chi connectivity index (χ3v) is 4.48. The second kappa shape index (κ2) is 3.61. The van der Waals surface area contributed by atoms with E-state index in [1.54, 1.807) is 0 Å². The molecular weight excluding hydrogens is 222 g/mol. The van der Waals surface area contributed by atoms with Crippen LogP contribution in [0.3, 0.4) is 0 Å². The molecule has 1 spiro atoms. The fourth-order valence-electron chi connectivity index (χ4n) is 3.12. The first-order valence-electron chi connectivity index (χ1n) is 6.99. The van der Waals surface area contributed by atoms with Gasteiger partial charge in [0.05, 0.1) is 12.2 Å². The van der Waals surface area contributed by atoms with Gasteiger partial charge in [0, 0.05) is 12.2 Å². The molecule has 1 saturated carbocycles. The van der Waals surface area contributed by atoms with Gasteiger partial charge in [-0.1, -0.05) is 25.1 Å². The highest BCUT2D eigenvalue weighted by atomic mass is 16.5. The quantitative estimate of drug-likeness (QED) is 0.815. The molecule has 1 fully saturated rings. The van der Waals surface area contributed by atoms with Crippen molar-refractivity contribution < 1.29 is 4.74 Å². The number of fused-ring (bicyclic) bond motifs is 2. The minimum atomic E-state index is 0.122. The normalized spacial score (nSPS) is 27.6. The molecule has 0 saturated heterocycles. The molecule has 1 aromatic carbocycles. The molecule has 1 N–H and O–H groups in total.